The van der Waals surface area contributed by atoms with Gasteiger partial charge in [0, 0.05) is 0 Å². The molecule has 0 N–H and O–H groups in total. The highest BCUT2D eigenvalue weighted by Crippen LogP contribution is 2.23. The number of rotatable bonds is 2. The Bertz CT molecular complexity index is 102. The third kappa shape index (κ3) is 3.39. The van der Waals surface area contributed by atoms with E-state index in [-0.39, 0.29) is 0 Å². The summed E-state index contributed by atoms with van der Waals surface area (Å²) in [4.78, 5) is 0. The zero-order valence-corrected chi connectivity index (χ0v) is 10.7. The molecule has 0 aromatic rings. The van der Waals surface area contributed by atoms with Gasteiger partial charge in [-0.05, 0) is 13.6 Å². The van der Waals surface area contributed by atoms with Crippen molar-refractivity contribution in [1.82, 2.24) is 4.23 Å². The van der Waals surface area contributed by atoms with Crippen molar-refractivity contribution in [2.45, 2.75) is 26.2 Å². The Labute approximate surface area is 74.9 Å². The van der Waals surface area contributed by atoms with Crippen LogP contribution in [0.1, 0.15) is 0 Å². The Morgan fingerprint density at radius 1 is 1.00 bits per heavy atom. The van der Waals surface area contributed by atoms with E-state index in [1.54, 1.807) is 0 Å². The summed E-state index contributed by atoms with van der Waals surface area (Å²) in [7, 11) is 0.761. The lowest BCUT2D eigenvalue weighted by Crippen LogP contribution is -2.54. The summed E-state index contributed by atoms with van der Waals surface area (Å²) < 4.78 is 2.18. The Balaban J connectivity index is 4.23. The minimum absolute atomic E-state index is 1.26. The molecule has 10 heavy (non-hydrogen) atoms. The molecule has 0 aliphatic heterocycles. The normalized spacial score (nSPS) is 14.4. The zero-order valence-electron chi connectivity index (χ0n) is 7.20. The van der Waals surface area contributed by atoms with Crippen molar-refractivity contribution in [2.75, 3.05) is 7.05 Å². The SMILES string of the molecule is CN([Si](C)(C)C)[Si](C)(Cl)Cl. The second-order valence-electron chi connectivity index (χ2n) is 3.57. The molecule has 0 amide bonds. The number of halogens is 2. The van der Waals surface area contributed by atoms with E-state index in [9.17, 15) is 0 Å². The number of hydrogen-bond donors (Lipinski definition) is 0. The van der Waals surface area contributed by atoms with Gasteiger partial charge < -0.3 is 4.23 Å². The van der Waals surface area contributed by atoms with E-state index in [0.717, 1.165) is 0 Å². The summed E-state index contributed by atoms with van der Waals surface area (Å²) in [6, 6.07) is 0. The van der Waals surface area contributed by atoms with Gasteiger partial charge in [0.25, 0.3) is 0 Å². The van der Waals surface area contributed by atoms with E-state index in [2.05, 4.69) is 23.9 Å². The fourth-order valence-electron chi connectivity index (χ4n) is 0.589. The van der Waals surface area contributed by atoms with Crippen molar-refractivity contribution in [3.05, 3.63) is 0 Å². The second-order valence-corrected chi connectivity index (χ2v) is 16.4. The maximum absolute atomic E-state index is 6.03. The first kappa shape index (κ1) is 11.0. The van der Waals surface area contributed by atoms with Crippen molar-refractivity contribution < 1.29 is 0 Å². The molecule has 0 fully saturated rings. The van der Waals surface area contributed by atoms with E-state index >= 15 is 0 Å². The van der Waals surface area contributed by atoms with E-state index < -0.39 is 15.1 Å². The molecule has 5 heteroatoms. The van der Waals surface area contributed by atoms with Gasteiger partial charge in [-0.15, -0.1) is 22.2 Å². The molecular formula is C5H15Cl2NSi2. The molecule has 0 aromatic heterocycles. The molecule has 0 saturated heterocycles. The van der Waals surface area contributed by atoms with Crippen LogP contribution in [0.25, 0.3) is 0 Å². The minimum Gasteiger partial charge on any atom is -0.325 e. The highest BCUT2D eigenvalue weighted by atomic mass is 35.7. The van der Waals surface area contributed by atoms with Crippen LogP contribution >= 0.6 is 22.2 Å². The predicted octanol–water partition coefficient (Wildman–Crippen LogP) is 2.80. The first-order valence-corrected chi connectivity index (χ1v) is 11.2. The van der Waals surface area contributed by atoms with Gasteiger partial charge in [0.15, 0.2) is 0 Å². The highest BCUT2D eigenvalue weighted by molar-refractivity contribution is 7.45. The maximum Gasteiger partial charge on any atom is 0.315 e. The monoisotopic (exact) mass is 215 g/mol. The second kappa shape index (κ2) is 3.15. The molecule has 0 atom stereocenters. The minimum atomic E-state index is -2.06. The van der Waals surface area contributed by atoms with Gasteiger partial charge in [0.05, 0.1) is 0 Å². The predicted molar refractivity (Wildman–Crippen MR) is 54.4 cm³/mol. The molecule has 0 aliphatic rings. The first-order chi connectivity index (χ1) is 4.15. The molecule has 1 nitrogen and oxygen atoms in total. The molecule has 0 unspecified atom stereocenters. The van der Waals surface area contributed by atoms with Crippen LogP contribution in [0.15, 0.2) is 0 Å². The first-order valence-electron chi connectivity index (χ1n) is 3.27. The average molecular weight is 216 g/mol. The lowest BCUT2D eigenvalue weighted by atomic mass is 11.6. The van der Waals surface area contributed by atoms with Gasteiger partial charge in [-0.25, -0.2) is 0 Å². The largest absolute Gasteiger partial charge is 0.325 e. The van der Waals surface area contributed by atoms with Gasteiger partial charge >= 0.3 is 6.86 Å². The van der Waals surface area contributed by atoms with Crippen LogP contribution in [-0.2, 0) is 0 Å². The van der Waals surface area contributed by atoms with Crippen LogP contribution in [0.3, 0.4) is 0 Å². The summed E-state index contributed by atoms with van der Waals surface area (Å²) in [5, 5.41) is 0. The molecule has 0 radical (unpaired) electrons. The zero-order chi connectivity index (χ0) is 8.58. The van der Waals surface area contributed by atoms with Gasteiger partial charge in [-0.3, -0.25) is 0 Å². The molecule has 0 heterocycles. The van der Waals surface area contributed by atoms with Crippen molar-refractivity contribution in [1.29, 1.82) is 0 Å². The van der Waals surface area contributed by atoms with E-state index in [1.807, 2.05) is 13.6 Å². The fourth-order valence-corrected chi connectivity index (χ4v) is 9.86. The van der Waals surface area contributed by atoms with Crippen LogP contribution in [0.5, 0.6) is 0 Å². The molecule has 0 aromatic carbocycles. The Morgan fingerprint density at radius 2 is 1.30 bits per heavy atom. The van der Waals surface area contributed by atoms with Crippen LogP contribution in [0.4, 0.5) is 0 Å². The van der Waals surface area contributed by atoms with Gasteiger partial charge in [0.1, 0.15) is 8.24 Å². The third-order valence-corrected chi connectivity index (χ3v) is 10.5. The van der Waals surface area contributed by atoms with Crippen molar-refractivity contribution in [2.24, 2.45) is 0 Å². The lowest BCUT2D eigenvalue weighted by molar-refractivity contribution is 0.789. The Morgan fingerprint density at radius 3 is 1.30 bits per heavy atom. The maximum atomic E-state index is 6.03. The fraction of sp³-hybridized carbons (Fsp3) is 1.00. The van der Waals surface area contributed by atoms with Crippen LogP contribution in [-0.4, -0.2) is 26.4 Å². The third-order valence-electron chi connectivity index (χ3n) is 1.60. The molecule has 0 saturated carbocycles. The average Bonchev–Trinajstić information content (AvgIpc) is 1.59. The van der Waals surface area contributed by atoms with Gasteiger partial charge in [-0.2, -0.15) is 0 Å². The van der Waals surface area contributed by atoms with Crippen LogP contribution in [0.2, 0.25) is 26.2 Å². The van der Waals surface area contributed by atoms with Gasteiger partial charge in [-0.1, -0.05) is 19.6 Å². The van der Waals surface area contributed by atoms with Crippen molar-refractivity contribution in [3.8, 4) is 0 Å². The quantitative estimate of drug-likeness (QED) is 0.507. The molecular weight excluding hydrogens is 201 g/mol. The summed E-state index contributed by atoms with van der Waals surface area (Å²) in [6.45, 7) is 6.60. The summed E-state index contributed by atoms with van der Waals surface area (Å²) in [5.41, 5.74) is 0. The van der Waals surface area contributed by atoms with Gasteiger partial charge in [0.2, 0.25) is 0 Å². The summed E-state index contributed by atoms with van der Waals surface area (Å²) in [5.74, 6) is 0. The van der Waals surface area contributed by atoms with Crippen molar-refractivity contribution in [3.63, 3.8) is 0 Å². The van der Waals surface area contributed by atoms with Crippen LogP contribution < -0.4 is 0 Å². The number of nitrogens with zero attached hydrogens (tertiary/aromatic N) is 1. The molecule has 0 rings (SSSR count). The smallest absolute Gasteiger partial charge is 0.315 e. The van der Waals surface area contributed by atoms with E-state index in [1.165, 1.54) is 0 Å². The van der Waals surface area contributed by atoms with E-state index in [4.69, 9.17) is 22.2 Å². The molecule has 0 aliphatic carbocycles. The molecule has 0 bridgehead atoms. The molecule has 0 spiro atoms. The Hall–Kier alpha value is 0.974. The topological polar surface area (TPSA) is 3.24 Å². The summed E-state index contributed by atoms with van der Waals surface area (Å²) >= 11 is 12.1. The number of hydrogen-bond acceptors (Lipinski definition) is 1. The van der Waals surface area contributed by atoms with Crippen LogP contribution in [0, 0.1) is 0 Å². The summed E-state index contributed by atoms with van der Waals surface area (Å²) in [6.07, 6.45) is 0. The lowest BCUT2D eigenvalue weighted by Gasteiger charge is -2.35. The highest BCUT2D eigenvalue weighted by Gasteiger charge is 2.35. The Kier molecular flexibility index (Phi) is 3.45. The van der Waals surface area contributed by atoms with Crippen molar-refractivity contribution >= 4 is 37.2 Å². The molecule has 62 valence electrons. The standard InChI is InChI=1S/C5H15Cl2NSi2/c1-8(9(2,3)4)10(5,6)7/h1-5H3. The van der Waals surface area contributed by atoms with E-state index in [0.29, 0.717) is 0 Å².